The molecule has 0 amide bonds. The van der Waals surface area contributed by atoms with Gasteiger partial charge in [-0.25, -0.2) is 0 Å². The molecule has 1 aliphatic rings. The van der Waals surface area contributed by atoms with Crippen molar-refractivity contribution in [2.24, 2.45) is 11.3 Å². The summed E-state index contributed by atoms with van der Waals surface area (Å²) in [6.07, 6.45) is 10.4. The van der Waals surface area contributed by atoms with Crippen molar-refractivity contribution in [3.63, 3.8) is 0 Å². The number of ketones is 1. The third-order valence-corrected chi connectivity index (χ3v) is 4.56. The standard InChI is InChI=1S/C15H28O/c1-4-7-8-11-15(6-3)12-13(5-2)9-10-14(15)16/h13H,4-12H2,1-3H3. The molecule has 1 rings (SSSR count). The topological polar surface area (TPSA) is 17.1 Å². The molecule has 94 valence electrons. The second kappa shape index (κ2) is 6.42. The molecule has 0 bridgehead atoms. The van der Waals surface area contributed by atoms with Crippen molar-refractivity contribution in [1.82, 2.24) is 0 Å². The molecule has 0 aromatic rings. The van der Waals surface area contributed by atoms with E-state index in [1.807, 2.05) is 0 Å². The van der Waals surface area contributed by atoms with E-state index < -0.39 is 0 Å². The van der Waals surface area contributed by atoms with E-state index in [4.69, 9.17) is 0 Å². The van der Waals surface area contributed by atoms with Crippen LogP contribution in [0.5, 0.6) is 0 Å². The summed E-state index contributed by atoms with van der Waals surface area (Å²) >= 11 is 0. The van der Waals surface area contributed by atoms with Crippen LogP contribution in [0, 0.1) is 11.3 Å². The van der Waals surface area contributed by atoms with Crippen LogP contribution in [0.4, 0.5) is 0 Å². The lowest BCUT2D eigenvalue weighted by atomic mass is 9.64. The van der Waals surface area contributed by atoms with E-state index in [0.29, 0.717) is 5.78 Å². The molecule has 2 atom stereocenters. The summed E-state index contributed by atoms with van der Waals surface area (Å²) in [7, 11) is 0. The van der Waals surface area contributed by atoms with Crippen molar-refractivity contribution in [2.75, 3.05) is 0 Å². The fourth-order valence-electron chi connectivity index (χ4n) is 3.19. The number of hydrogen-bond acceptors (Lipinski definition) is 1. The zero-order valence-electron chi connectivity index (χ0n) is 11.3. The predicted molar refractivity (Wildman–Crippen MR) is 69.5 cm³/mol. The molecule has 0 radical (unpaired) electrons. The average molecular weight is 224 g/mol. The van der Waals surface area contributed by atoms with Crippen molar-refractivity contribution in [1.29, 1.82) is 0 Å². The van der Waals surface area contributed by atoms with Crippen LogP contribution >= 0.6 is 0 Å². The van der Waals surface area contributed by atoms with Crippen molar-refractivity contribution >= 4 is 5.78 Å². The number of carbonyl (C=O) groups excluding carboxylic acids is 1. The smallest absolute Gasteiger partial charge is 0.139 e. The molecule has 0 N–H and O–H groups in total. The summed E-state index contributed by atoms with van der Waals surface area (Å²) in [4.78, 5) is 12.2. The minimum atomic E-state index is 0.0636. The Balaban J connectivity index is 2.62. The monoisotopic (exact) mass is 224 g/mol. The summed E-state index contributed by atoms with van der Waals surface area (Å²) in [6, 6.07) is 0. The number of unbranched alkanes of at least 4 members (excludes halogenated alkanes) is 2. The average Bonchev–Trinajstić information content (AvgIpc) is 2.32. The Hall–Kier alpha value is -0.330. The fraction of sp³-hybridized carbons (Fsp3) is 0.933. The molecular weight excluding hydrogens is 196 g/mol. The zero-order chi connectivity index (χ0) is 12.0. The minimum absolute atomic E-state index is 0.0636. The Morgan fingerprint density at radius 2 is 2.00 bits per heavy atom. The Kier molecular flexibility index (Phi) is 5.51. The van der Waals surface area contributed by atoms with Gasteiger partial charge in [-0.15, -0.1) is 0 Å². The lowest BCUT2D eigenvalue weighted by Gasteiger charge is -2.39. The van der Waals surface area contributed by atoms with Gasteiger partial charge in [-0.1, -0.05) is 46.5 Å². The molecule has 0 aliphatic heterocycles. The fourth-order valence-corrected chi connectivity index (χ4v) is 3.19. The summed E-state index contributed by atoms with van der Waals surface area (Å²) in [6.45, 7) is 6.71. The van der Waals surface area contributed by atoms with Gasteiger partial charge in [-0.2, -0.15) is 0 Å². The largest absolute Gasteiger partial charge is 0.299 e. The Morgan fingerprint density at radius 3 is 2.56 bits per heavy atom. The molecule has 16 heavy (non-hydrogen) atoms. The number of hydrogen-bond donors (Lipinski definition) is 0. The molecule has 1 nitrogen and oxygen atoms in total. The van der Waals surface area contributed by atoms with Crippen molar-refractivity contribution in [3.8, 4) is 0 Å². The van der Waals surface area contributed by atoms with Crippen LogP contribution in [0.2, 0.25) is 0 Å². The second-order valence-electron chi connectivity index (χ2n) is 5.53. The van der Waals surface area contributed by atoms with Crippen LogP contribution in [-0.4, -0.2) is 5.78 Å². The zero-order valence-corrected chi connectivity index (χ0v) is 11.3. The molecule has 0 heterocycles. The molecule has 1 heteroatoms. The van der Waals surface area contributed by atoms with E-state index in [0.717, 1.165) is 31.6 Å². The predicted octanol–water partition coefficient (Wildman–Crippen LogP) is 4.74. The van der Waals surface area contributed by atoms with E-state index in [1.165, 1.54) is 32.1 Å². The minimum Gasteiger partial charge on any atom is -0.299 e. The van der Waals surface area contributed by atoms with E-state index in [-0.39, 0.29) is 5.41 Å². The van der Waals surface area contributed by atoms with Gasteiger partial charge in [0.2, 0.25) is 0 Å². The maximum atomic E-state index is 12.2. The van der Waals surface area contributed by atoms with Gasteiger partial charge in [-0.05, 0) is 31.6 Å². The molecule has 1 saturated carbocycles. The van der Waals surface area contributed by atoms with Crippen LogP contribution in [-0.2, 0) is 4.79 Å². The van der Waals surface area contributed by atoms with Gasteiger partial charge >= 0.3 is 0 Å². The van der Waals surface area contributed by atoms with E-state index in [1.54, 1.807) is 0 Å². The summed E-state index contributed by atoms with van der Waals surface area (Å²) in [5, 5.41) is 0. The first-order chi connectivity index (χ1) is 7.68. The normalized spacial score (nSPS) is 30.7. The first-order valence-corrected chi connectivity index (χ1v) is 7.21. The highest BCUT2D eigenvalue weighted by Crippen LogP contribution is 2.44. The van der Waals surface area contributed by atoms with Gasteiger partial charge in [0.05, 0.1) is 0 Å². The van der Waals surface area contributed by atoms with Crippen LogP contribution in [0.3, 0.4) is 0 Å². The first kappa shape index (κ1) is 13.7. The summed E-state index contributed by atoms with van der Waals surface area (Å²) < 4.78 is 0. The SMILES string of the molecule is CCCCCC1(CC)CC(CC)CCC1=O. The summed E-state index contributed by atoms with van der Waals surface area (Å²) in [5.41, 5.74) is 0.0636. The van der Waals surface area contributed by atoms with Crippen molar-refractivity contribution in [3.05, 3.63) is 0 Å². The second-order valence-corrected chi connectivity index (χ2v) is 5.53. The molecule has 0 spiro atoms. The van der Waals surface area contributed by atoms with Crippen molar-refractivity contribution < 1.29 is 4.79 Å². The van der Waals surface area contributed by atoms with Gasteiger partial charge in [0.15, 0.2) is 0 Å². The van der Waals surface area contributed by atoms with E-state index in [9.17, 15) is 4.79 Å². The molecule has 0 saturated heterocycles. The highest BCUT2D eigenvalue weighted by molar-refractivity contribution is 5.85. The maximum Gasteiger partial charge on any atom is 0.139 e. The van der Waals surface area contributed by atoms with Crippen LogP contribution in [0.1, 0.15) is 78.6 Å². The molecule has 0 aromatic heterocycles. The third-order valence-electron chi connectivity index (χ3n) is 4.56. The van der Waals surface area contributed by atoms with Crippen LogP contribution < -0.4 is 0 Å². The quantitative estimate of drug-likeness (QED) is 0.595. The highest BCUT2D eigenvalue weighted by Gasteiger charge is 2.40. The Morgan fingerprint density at radius 1 is 1.25 bits per heavy atom. The van der Waals surface area contributed by atoms with Crippen LogP contribution in [0.15, 0.2) is 0 Å². The first-order valence-electron chi connectivity index (χ1n) is 7.21. The number of Topliss-reactive ketones (excluding diaryl/α,β-unsaturated/α-hetero) is 1. The van der Waals surface area contributed by atoms with Gasteiger partial charge in [0.25, 0.3) is 0 Å². The summed E-state index contributed by atoms with van der Waals surface area (Å²) in [5.74, 6) is 1.37. The number of carbonyl (C=O) groups is 1. The van der Waals surface area contributed by atoms with Gasteiger partial charge in [0, 0.05) is 11.8 Å². The van der Waals surface area contributed by atoms with Gasteiger partial charge in [-0.3, -0.25) is 4.79 Å². The lowest BCUT2D eigenvalue weighted by molar-refractivity contribution is -0.133. The molecule has 1 fully saturated rings. The molecule has 2 unspecified atom stereocenters. The highest BCUT2D eigenvalue weighted by atomic mass is 16.1. The Bertz CT molecular complexity index is 221. The molecule has 0 aromatic carbocycles. The Labute approximate surface area is 101 Å². The van der Waals surface area contributed by atoms with E-state index in [2.05, 4.69) is 20.8 Å². The third kappa shape index (κ3) is 3.09. The van der Waals surface area contributed by atoms with Gasteiger partial charge < -0.3 is 0 Å². The van der Waals surface area contributed by atoms with Gasteiger partial charge in [0.1, 0.15) is 5.78 Å². The van der Waals surface area contributed by atoms with Crippen molar-refractivity contribution in [2.45, 2.75) is 78.6 Å². The maximum absolute atomic E-state index is 12.2. The molecule has 1 aliphatic carbocycles. The van der Waals surface area contributed by atoms with E-state index >= 15 is 0 Å². The number of rotatable bonds is 6. The molecular formula is C15H28O. The van der Waals surface area contributed by atoms with Crippen LogP contribution in [0.25, 0.3) is 0 Å². The lowest BCUT2D eigenvalue weighted by Crippen LogP contribution is -2.37.